The standard InChI is InChI=1S/C20H20FN3O3S/c1-26-16-8-13(9-17(10-16)27-2)11-22-19(25)18-12-23-20(28-3)24(18)15-6-4-14(21)5-7-15/h4-10,12H,11H2,1-3H3,(H,22,25). The summed E-state index contributed by atoms with van der Waals surface area (Å²) < 4.78 is 25.5. The van der Waals surface area contributed by atoms with Crippen LogP contribution in [0.15, 0.2) is 53.8 Å². The monoisotopic (exact) mass is 401 g/mol. The Balaban J connectivity index is 1.84. The molecule has 0 bridgehead atoms. The first-order chi connectivity index (χ1) is 13.5. The Bertz CT molecular complexity index is 951. The van der Waals surface area contributed by atoms with Crippen molar-refractivity contribution in [1.29, 1.82) is 0 Å². The van der Waals surface area contributed by atoms with Gasteiger partial charge in [0.1, 0.15) is 23.0 Å². The fraction of sp³-hybridized carbons (Fsp3) is 0.200. The van der Waals surface area contributed by atoms with E-state index in [1.807, 2.05) is 18.4 Å². The van der Waals surface area contributed by atoms with E-state index in [2.05, 4.69) is 10.3 Å². The highest BCUT2D eigenvalue weighted by Crippen LogP contribution is 2.24. The molecule has 3 rings (SSSR count). The molecule has 2 aromatic carbocycles. The van der Waals surface area contributed by atoms with E-state index in [1.54, 1.807) is 37.0 Å². The van der Waals surface area contributed by atoms with Crippen LogP contribution in [0.5, 0.6) is 11.5 Å². The van der Waals surface area contributed by atoms with Crippen LogP contribution in [0.1, 0.15) is 16.1 Å². The zero-order chi connectivity index (χ0) is 20.1. The van der Waals surface area contributed by atoms with E-state index in [1.165, 1.54) is 30.1 Å². The van der Waals surface area contributed by atoms with Gasteiger partial charge in [-0.25, -0.2) is 9.37 Å². The summed E-state index contributed by atoms with van der Waals surface area (Å²) in [6, 6.07) is 11.3. The Morgan fingerprint density at radius 2 is 1.79 bits per heavy atom. The normalized spacial score (nSPS) is 10.6. The molecule has 0 saturated heterocycles. The molecule has 3 aromatic rings. The summed E-state index contributed by atoms with van der Waals surface area (Å²) >= 11 is 1.40. The predicted molar refractivity (Wildman–Crippen MR) is 106 cm³/mol. The van der Waals surface area contributed by atoms with Crippen LogP contribution in [-0.2, 0) is 6.54 Å². The molecule has 0 fully saturated rings. The first-order valence-corrected chi connectivity index (χ1v) is 9.66. The zero-order valence-electron chi connectivity index (χ0n) is 15.7. The van der Waals surface area contributed by atoms with E-state index >= 15 is 0 Å². The average Bonchev–Trinajstić information content (AvgIpc) is 3.16. The second-order valence-electron chi connectivity index (χ2n) is 5.85. The lowest BCUT2D eigenvalue weighted by atomic mass is 10.2. The maximum absolute atomic E-state index is 13.3. The summed E-state index contributed by atoms with van der Waals surface area (Å²) in [4.78, 5) is 17.1. The number of rotatable bonds is 7. The molecule has 146 valence electrons. The molecule has 0 radical (unpaired) electrons. The van der Waals surface area contributed by atoms with Crippen molar-refractivity contribution in [3.05, 3.63) is 65.7 Å². The van der Waals surface area contributed by atoms with Gasteiger partial charge in [-0.2, -0.15) is 0 Å². The predicted octanol–water partition coefficient (Wildman–Crippen LogP) is 3.68. The van der Waals surface area contributed by atoms with Gasteiger partial charge in [0, 0.05) is 18.3 Å². The van der Waals surface area contributed by atoms with Crippen LogP contribution in [0, 0.1) is 5.82 Å². The average molecular weight is 401 g/mol. The van der Waals surface area contributed by atoms with E-state index in [4.69, 9.17) is 9.47 Å². The maximum atomic E-state index is 13.3. The van der Waals surface area contributed by atoms with Gasteiger partial charge in [-0.15, -0.1) is 0 Å². The van der Waals surface area contributed by atoms with Gasteiger partial charge >= 0.3 is 0 Å². The quantitative estimate of drug-likeness (QED) is 0.612. The second kappa shape index (κ2) is 8.79. The van der Waals surface area contributed by atoms with Crippen molar-refractivity contribution in [2.24, 2.45) is 0 Å². The number of ether oxygens (including phenoxy) is 2. The summed E-state index contributed by atoms with van der Waals surface area (Å²) in [5.41, 5.74) is 1.87. The van der Waals surface area contributed by atoms with Crippen molar-refractivity contribution in [2.45, 2.75) is 11.7 Å². The Morgan fingerprint density at radius 1 is 1.14 bits per heavy atom. The molecule has 0 aliphatic heterocycles. The second-order valence-corrected chi connectivity index (χ2v) is 6.62. The van der Waals surface area contributed by atoms with Gasteiger partial charge in [-0.05, 0) is 48.2 Å². The third-order valence-electron chi connectivity index (χ3n) is 4.09. The number of nitrogens with one attached hydrogen (secondary N) is 1. The highest BCUT2D eigenvalue weighted by molar-refractivity contribution is 7.98. The number of carbonyl (C=O) groups excluding carboxylic acids is 1. The fourth-order valence-electron chi connectivity index (χ4n) is 2.72. The molecule has 1 amide bonds. The van der Waals surface area contributed by atoms with Crippen molar-refractivity contribution in [3.63, 3.8) is 0 Å². The molecule has 0 atom stereocenters. The van der Waals surface area contributed by atoms with Crippen molar-refractivity contribution >= 4 is 17.7 Å². The molecular weight excluding hydrogens is 381 g/mol. The summed E-state index contributed by atoms with van der Waals surface area (Å²) in [6.07, 6.45) is 3.38. The molecule has 28 heavy (non-hydrogen) atoms. The van der Waals surface area contributed by atoms with Gasteiger partial charge in [0.05, 0.1) is 20.4 Å². The summed E-state index contributed by atoms with van der Waals surface area (Å²) in [5.74, 6) is 0.653. The molecule has 0 saturated carbocycles. The Labute approximate surface area is 166 Å². The number of thioether (sulfide) groups is 1. The van der Waals surface area contributed by atoms with E-state index in [0.29, 0.717) is 28.0 Å². The number of carbonyl (C=O) groups is 1. The molecular formula is C20H20FN3O3S. The van der Waals surface area contributed by atoms with Crippen molar-refractivity contribution in [2.75, 3.05) is 20.5 Å². The van der Waals surface area contributed by atoms with Gasteiger partial charge in [-0.3, -0.25) is 9.36 Å². The highest BCUT2D eigenvalue weighted by Gasteiger charge is 2.18. The van der Waals surface area contributed by atoms with Gasteiger partial charge < -0.3 is 14.8 Å². The van der Waals surface area contributed by atoms with Gasteiger partial charge in [0.2, 0.25) is 0 Å². The van der Waals surface area contributed by atoms with Crippen LogP contribution < -0.4 is 14.8 Å². The largest absolute Gasteiger partial charge is 0.497 e. The number of amides is 1. The smallest absolute Gasteiger partial charge is 0.270 e. The van der Waals surface area contributed by atoms with Crippen molar-refractivity contribution in [1.82, 2.24) is 14.9 Å². The first-order valence-electron chi connectivity index (χ1n) is 8.43. The van der Waals surface area contributed by atoms with Gasteiger partial charge in [0.25, 0.3) is 5.91 Å². The number of aromatic nitrogens is 2. The minimum absolute atomic E-state index is 0.287. The lowest BCUT2D eigenvalue weighted by Gasteiger charge is -2.12. The molecule has 0 spiro atoms. The molecule has 8 heteroatoms. The van der Waals surface area contributed by atoms with E-state index < -0.39 is 0 Å². The molecule has 0 aliphatic carbocycles. The molecule has 1 aromatic heterocycles. The van der Waals surface area contributed by atoms with Crippen molar-refractivity contribution < 1.29 is 18.7 Å². The van der Waals surface area contributed by atoms with Crippen LogP contribution in [0.3, 0.4) is 0 Å². The van der Waals surface area contributed by atoms with Crippen molar-refractivity contribution in [3.8, 4) is 17.2 Å². The van der Waals surface area contributed by atoms with E-state index in [-0.39, 0.29) is 18.3 Å². The van der Waals surface area contributed by atoms with E-state index in [9.17, 15) is 9.18 Å². The SMILES string of the molecule is COc1cc(CNC(=O)c2cnc(SC)n2-c2ccc(F)cc2)cc(OC)c1. The Kier molecular flexibility index (Phi) is 6.20. The fourth-order valence-corrected chi connectivity index (χ4v) is 3.26. The number of imidazole rings is 1. The molecule has 0 aliphatic rings. The summed E-state index contributed by atoms with van der Waals surface area (Å²) in [7, 11) is 3.14. The summed E-state index contributed by atoms with van der Waals surface area (Å²) in [6.45, 7) is 0.287. The minimum atomic E-state index is -0.340. The number of methoxy groups -OCH3 is 2. The van der Waals surface area contributed by atoms with Gasteiger partial charge in [-0.1, -0.05) is 11.8 Å². The number of benzene rings is 2. The molecule has 1 heterocycles. The summed E-state index contributed by atoms with van der Waals surface area (Å²) in [5, 5.41) is 3.52. The highest BCUT2D eigenvalue weighted by atomic mass is 32.2. The first kappa shape index (κ1) is 19.8. The third kappa shape index (κ3) is 4.28. The topological polar surface area (TPSA) is 65.4 Å². The van der Waals surface area contributed by atoms with E-state index in [0.717, 1.165) is 5.56 Å². The van der Waals surface area contributed by atoms with Crippen LogP contribution in [0.2, 0.25) is 0 Å². The molecule has 1 N–H and O–H groups in total. The number of hydrogen-bond donors (Lipinski definition) is 1. The van der Waals surface area contributed by atoms with Crippen LogP contribution in [0.4, 0.5) is 4.39 Å². The minimum Gasteiger partial charge on any atom is -0.497 e. The number of nitrogens with zero attached hydrogens (tertiary/aromatic N) is 2. The van der Waals surface area contributed by atoms with Gasteiger partial charge in [0.15, 0.2) is 5.16 Å². The third-order valence-corrected chi connectivity index (χ3v) is 4.75. The zero-order valence-corrected chi connectivity index (χ0v) is 16.5. The molecule has 0 unspecified atom stereocenters. The number of halogens is 1. The van der Waals surface area contributed by atoms with Crippen LogP contribution >= 0.6 is 11.8 Å². The lowest BCUT2D eigenvalue weighted by Crippen LogP contribution is -2.25. The van der Waals surface area contributed by atoms with Crippen LogP contribution in [0.25, 0.3) is 5.69 Å². The number of hydrogen-bond acceptors (Lipinski definition) is 5. The molecule has 6 nitrogen and oxygen atoms in total. The Hall–Kier alpha value is -3.00. The lowest BCUT2D eigenvalue weighted by molar-refractivity contribution is 0.0943. The Morgan fingerprint density at radius 3 is 2.36 bits per heavy atom. The van der Waals surface area contributed by atoms with Crippen LogP contribution in [-0.4, -0.2) is 35.9 Å². The maximum Gasteiger partial charge on any atom is 0.270 e.